The Morgan fingerprint density at radius 2 is 1.91 bits per heavy atom. The smallest absolute Gasteiger partial charge is 0.159 e. The lowest BCUT2D eigenvalue weighted by Gasteiger charge is -2.11. The van der Waals surface area contributed by atoms with Gasteiger partial charge in [-0.2, -0.15) is 0 Å². The van der Waals surface area contributed by atoms with Gasteiger partial charge < -0.3 is 5.11 Å². The molecule has 0 unspecified atom stereocenters. The minimum Gasteiger partial charge on any atom is -0.392 e. The summed E-state index contributed by atoms with van der Waals surface area (Å²) in [5.74, 6) is 0.0179. The van der Waals surface area contributed by atoms with E-state index >= 15 is 0 Å². The van der Waals surface area contributed by atoms with Gasteiger partial charge in [-0.05, 0) is 31.5 Å². The fourth-order valence-electron chi connectivity index (χ4n) is 2.65. The molecule has 110 valence electrons. The number of hydrogen-bond donors (Lipinski definition) is 1. The van der Waals surface area contributed by atoms with Gasteiger partial charge in [0.05, 0.1) is 17.8 Å². The highest BCUT2D eigenvalue weighted by molar-refractivity contribution is 5.95. The van der Waals surface area contributed by atoms with Crippen LogP contribution in [0.15, 0.2) is 48.5 Å². The molecular formula is C19H17NO2. The van der Waals surface area contributed by atoms with Crippen molar-refractivity contribution in [3.63, 3.8) is 0 Å². The Labute approximate surface area is 129 Å². The van der Waals surface area contributed by atoms with Crippen molar-refractivity contribution in [2.24, 2.45) is 0 Å². The molecule has 1 aromatic heterocycles. The average molecular weight is 291 g/mol. The van der Waals surface area contributed by atoms with Crippen LogP contribution < -0.4 is 0 Å². The number of aliphatic hydroxyl groups excluding tert-OH is 1. The first-order valence-electron chi connectivity index (χ1n) is 7.21. The first-order chi connectivity index (χ1) is 10.6. The minimum atomic E-state index is -0.0868. The second kappa shape index (κ2) is 5.70. The number of ketones is 1. The number of benzene rings is 2. The van der Waals surface area contributed by atoms with Crippen LogP contribution >= 0.6 is 0 Å². The Hall–Kier alpha value is -2.52. The summed E-state index contributed by atoms with van der Waals surface area (Å²) in [6, 6.07) is 15.3. The van der Waals surface area contributed by atoms with Gasteiger partial charge in [0.2, 0.25) is 0 Å². The predicted molar refractivity (Wildman–Crippen MR) is 87.8 cm³/mol. The third kappa shape index (κ3) is 2.51. The summed E-state index contributed by atoms with van der Waals surface area (Å²) < 4.78 is 0. The van der Waals surface area contributed by atoms with E-state index in [9.17, 15) is 9.90 Å². The van der Waals surface area contributed by atoms with E-state index in [1.807, 2.05) is 49.4 Å². The van der Waals surface area contributed by atoms with E-state index in [0.29, 0.717) is 5.56 Å². The number of pyridine rings is 1. The van der Waals surface area contributed by atoms with Gasteiger partial charge in [0.25, 0.3) is 0 Å². The van der Waals surface area contributed by atoms with Crippen molar-refractivity contribution in [3.8, 4) is 11.3 Å². The molecular weight excluding hydrogens is 274 g/mol. The second-order valence-corrected chi connectivity index (χ2v) is 5.44. The number of rotatable bonds is 3. The van der Waals surface area contributed by atoms with E-state index in [2.05, 4.69) is 0 Å². The Morgan fingerprint density at radius 3 is 2.64 bits per heavy atom. The number of carbonyl (C=O) groups excluding carboxylic acids is 1. The van der Waals surface area contributed by atoms with Crippen molar-refractivity contribution in [2.45, 2.75) is 20.5 Å². The molecule has 0 fully saturated rings. The standard InChI is InChI=1S/C19H17NO2/c1-12-5-3-7-15-10-17(11-21)19(20-18(12)15)16-8-4-6-14(9-16)13(2)22/h3-10,21H,11H2,1-2H3. The fraction of sp³-hybridized carbons (Fsp3) is 0.158. The highest BCUT2D eigenvalue weighted by atomic mass is 16.3. The number of aryl methyl sites for hydroxylation is 1. The molecule has 1 N–H and O–H groups in total. The van der Waals surface area contributed by atoms with E-state index in [1.54, 1.807) is 13.0 Å². The maximum atomic E-state index is 11.6. The normalized spacial score (nSPS) is 10.9. The Kier molecular flexibility index (Phi) is 3.73. The lowest BCUT2D eigenvalue weighted by atomic mass is 10.00. The quantitative estimate of drug-likeness (QED) is 0.744. The lowest BCUT2D eigenvalue weighted by molar-refractivity contribution is 0.101. The van der Waals surface area contributed by atoms with E-state index in [4.69, 9.17) is 4.98 Å². The first kappa shape index (κ1) is 14.4. The topological polar surface area (TPSA) is 50.2 Å². The van der Waals surface area contributed by atoms with Crippen LogP contribution in [0.2, 0.25) is 0 Å². The van der Waals surface area contributed by atoms with Gasteiger partial charge >= 0.3 is 0 Å². The average Bonchev–Trinajstić information content (AvgIpc) is 2.54. The van der Waals surface area contributed by atoms with Crippen LogP contribution in [0.1, 0.15) is 28.4 Å². The molecule has 0 saturated heterocycles. The molecule has 0 amide bonds. The number of Topliss-reactive ketones (excluding diaryl/α,β-unsaturated/α-hetero) is 1. The third-order valence-corrected chi connectivity index (χ3v) is 3.84. The molecule has 3 heteroatoms. The highest BCUT2D eigenvalue weighted by Crippen LogP contribution is 2.28. The number of nitrogens with zero attached hydrogens (tertiary/aromatic N) is 1. The van der Waals surface area contributed by atoms with Crippen molar-refractivity contribution in [3.05, 3.63) is 65.2 Å². The lowest BCUT2D eigenvalue weighted by Crippen LogP contribution is -1.98. The van der Waals surface area contributed by atoms with Crippen LogP contribution in [0.25, 0.3) is 22.2 Å². The van der Waals surface area contributed by atoms with Crippen LogP contribution in [0.4, 0.5) is 0 Å². The molecule has 3 nitrogen and oxygen atoms in total. The molecule has 0 aliphatic heterocycles. The SMILES string of the molecule is CC(=O)c1cccc(-c2nc3c(C)cccc3cc2CO)c1. The molecule has 0 spiro atoms. The summed E-state index contributed by atoms with van der Waals surface area (Å²) in [5, 5.41) is 10.7. The second-order valence-electron chi connectivity index (χ2n) is 5.44. The largest absolute Gasteiger partial charge is 0.392 e. The molecule has 0 saturated carbocycles. The van der Waals surface area contributed by atoms with Gasteiger partial charge in [-0.15, -0.1) is 0 Å². The van der Waals surface area contributed by atoms with Crippen molar-refractivity contribution in [2.75, 3.05) is 0 Å². The molecule has 22 heavy (non-hydrogen) atoms. The highest BCUT2D eigenvalue weighted by Gasteiger charge is 2.11. The molecule has 0 bridgehead atoms. The number of fused-ring (bicyclic) bond motifs is 1. The van der Waals surface area contributed by atoms with E-state index in [-0.39, 0.29) is 12.4 Å². The monoisotopic (exact) mass is 291 g/mol. The van der Waals surface area contributed by atoms with E-state index in [1.165, 1.54) is 0 Å². The third-order valence-electron chi connectivity index (χ3n) is 3.84. The van der Waals surface area contributed by atoms with E-state index in [0.717, 1.165) is 33.3 Å². The zero-order chi connectivity index (χ0) is 15.7. The number of aromatic nitrogens is 1. The Morgan fingerprint density at radius 1 is 1.14 bits per heavy atom. The number of aliphatic hydroxyl groups is 1. The molecule has 0 atom stereocenters. The van der Waals surface area contributed by atoms with Crippen LogP contribution in [0, 0.1) is 6.92 Å². The van der Waals surface area contributed by atoms with Crippen molar-refractivity contribution in [1.82, 2.24) is 4.98 Å². The van der Waals surface area contributed by atoms with Crippen molar-refractivity contribution in [1.29, 1.82) is 0 Å². The minimum absolute atomic E-state index is 0.0179. The summed E-state index contributed by atoms with van der Waals surface area (Å²) in [5.41, 5.74) is 5.00. The molecule has 0 aliphatic carbocycles. The van der Waals surface area contributed by atoms with Crippen molar-refractivity contribution < 1.29 is 9.90 Å². The summed E-state index contributed by atoms with van der Waals surface area (Å²) in [4.78, 5) is 16.3. The Bertz CT molecular complexity index is 868. The summed E-state index contributed by atoms with van der Waals surface area (Å²) in [7, 11) is 0. The van der Waals surface area contributed by atoms with Gasteiger partial charge in [0, 0.05) is 22.1 Å². The summed E-state index contributed by atoms with van der Waals surface area (Å²) in [6.07, 6.45) is 0. The number of carbonyl (C=O) groups is 1. The Balaban J connectivity index is 2.27. The van der Waals surface area contributed by atoms with Gasteiger partial charge in [-0.25, -0.2) is 4.98 Å². The predicted octanol–water partition coefficient (Wildman–Crippen LogP) is 3.91. The fourth-order valence-corrected chi connectivity index (χ4v) is 2.65. The molecule has 0 aliphatic rings. The molecule has 3 aromatic rings. The van der Waals surface area contributed by atoms with E-state index < -0.39 is 0 Å². The van der Waals surface area contributed by atoms with Gasteiger partial charge in [-0.1, -0.05) is 36.4 Å². The van der Waals surface area contributed by atoms with Crippen LogP contribution in [-0.4, -0.2) is 15.9 Å². The molecule has 1 heterocycles. The zero-order valence-electron chi connectivity index (χ0n) is 12.6. The van der Waals surface area contributed by atoms with Gasteiger partial charge in [-0.3, -0.25) is 4.79 Å². The molecule has 3 rings (SSSR count). The van der Waals surface area contributed by atoms with Gasteiger partial charge in [0.15, 0.2) is 5.78 Å². The summed E-state index contributed by atoms with van der Waals surface area (Å²) in [6.45, 7) is 3.48. The molecule has 2 aromatic carbocycles. The number of hydrogen-bond acceptors (Lipinski definition) is 3. The maximum Gasteiger partial charge on any atom is 0.159 e. The summed E-state index contributed by atoms with van der Waals surface area (Å²) >= 11 is 0. The molecule has 0 radical (unpaired) electrons. The number of para-hydroxylation sites is 1. The first-order valence-corrected chi connectivity index (χ1v) is 7.21. The van der Waals surface area contributed by atoms with Crippen molar-refractivity contribution >= 4 is 16.7 Å². The van der Waals surface area contributed by atoms with Crippen LogP contribution in [0.3, 0.4) is 0 Å². The van der Waals surface area contributed by atoms with Crippen LogP contribution in [0.5, 0.6) is 0 Å². The van der Waals surface area contributed by atoms with Gasteiger partial charge in [0.1, 0.15) is 0 Å². The zero-order valence-corrected chi connectivity index (χ0v) is 12.6. The van der Waals surface area contributed by atoms with Crippen LogP contribution in [-0.2, 0) is 6.61 Å². The maximum absolute atomic E-state index is 11.6.